The van der Waals surface area contributed by atoms with Crippen LogP contribution in [-0.4, -0.2) is 18.2 Å². The van der Waals surface area contributed by atoms with E-state index in [2.05, 4.69) is 21.2 Å². The third-order valence-electron chi connectivity index (χ3n) is 3.40. The lowest BCUT2D eigenvalue weighted by molar-refractivity contribution is -0.117. The van der Waals surface area contributed by atoms with Crippen LogP contribution in [0.5, 0.6) is 0 Å². The van der Waals surface area contributed by atoms with Crippen molar-refractivity contribution in [2.75, 3.05) is 12.3 Å². The first-order valence-electron chi connectivity index (χ1n) is 6.87. The number of Topliss-reactive ketones (excluding diaryl/α,β-unsaturated/α-hetero) is 1. The maximum Gasteiger partial charge on any atom is 0.251 e. The van der Waals surface area contributed by atoms with E-state index < -0.39 is 0 Å². The van der Waals surface area contributed by atoms with Gasteiger partial charge in [-0.3, -0.25) is 9.59 Å². The Morgan fingerprint density at radius 1 is 1.14 bits per heavy atom. The highest BCUT2D eigenvalue weighted by Crippen LogP contribution is 2.19. The molecular weight excluding hydrogens is 344 g/mol. The molecule has 5 heteroatoms. The Morgan fingerprint density at radius 2 is 1.86 bits per heavy atom. The molecule has 0 aliphatic rings. The minimum Gasteiger partial charge on any atom is -0.398 e. The number of carbonyl (C=O) groups is 2. The van der Waals surface area contributed by atoms with Gasteiger partial charge in [0, 0.05) is 22.1 Å². The monoisotopic (exact) mass is 360 g/mol. The zero-order valence-corrected chi connectivity index (χ0v) is 13.8. The van der Waals surface area contributed by atoms with Crippen molar-refractivity contribution in [3.63, 3.8) is 0 Å². The van der Waals surface area contributed by atoms with Crippen LogP contribution in [0.15, 0.2) is 46.9 Å². The highest BCUT2D eigenvalue weighted by molar-refractivity contribution is 9.10. The van der Waals surface area contributed by atoms with Crippen LogP contribution in [0.25, 0.3) is 0 Å². The van der Waals surface area contributed by atoms with E-state index in [0.717, 1.165) is 15.6 Å². The zero-order valence-electron chi connectivity index (χ0n) is 12.2. The predicted molar refractivity (Wildman–Crippen MR) is 90.8 cm³/mol. The van der Waals surface area contributed by atoms with E-state index in [1.54, 1.807) is 18.2 Å². The second kappa shape index (κ2) is 7.22. The first-order chi connectivity index (χ1) is 10.5. The van der Waals surface area contributed by atoms with Crippen LogP contribution in [0.3, 0.4) is 0 Å². The van der Waals surface area contributed by atoms with Crippen molar-refractivity contribution >= 4 is 33.3 Å². The van der Waals surface area contributed by atoms with Gasteiger partial charge in [-0.1, -0.05) is 40.2 Å². The number of hydrogen-bond donors (Lipinski definition) is 2. The molecule has 2 rings (SSSR count). The van der Waals surface area contributed by atoms with Gasteiger partial charge in [0.15, 0.2) is 5.78 Å². The van der Waals surface area contributed by atoms with Crippen molar-refractivity contribution in [2.24, 2.45) is 0 Å². The Hall–Kier alpha value is -2.14. The standard InChI is InChI=1S/C17H17BrN2O2/c1-11-14(6-4-7-15(11)18)17(22)20-10-13(21)9-12-5-2-3-8-16(12)19/h2-8H,9-10,19H2,1H3,(H,20,22). The van der Waals surface area contributed by atoms with Gasteiger partial charge >= 0.3 is 0 Å². The number of amides is 1. The summed E-state index contributed by atoms with van der Waals surface area (Å²) in [6.45, 7) is 1.84. The molecule has 0 atom stereocenters. The van der Waals surface area contributed by atoms with Crippen molar-refractivity contribution < 1.29 is 9.59 Å². The fourth-order valence-corrected chi connectivity index (χ4v) is 2.46. The van der Waals surface area contributed by atoms with Gasteiger partial charge in [0.05, 0.1) is 6.54 Å². The maximum atomic E-state index is 12.1. The molecule has 0 saturated carbocycles. The summed E-state index contributed by atoms with van der Waals surface area (Å²) < 4.78 is 0.864. The normalized spacial score (nSPS) is 10.3. The fraction of sp³-hybridized carbons (Fsp3) is 0.176. The number of nitrogens with one attached hydrogen (secondary N) is 1. The number of para-hydroxylation sites is 1. The van der Waals surface area contributed by atoms with E-state index in [1.807, 2.05) is 31.2 Å². The van der Waals surface area contributed by atoms with Gasteiger partial charge in [-0.15, -0.1) is 0 Å². The lowest BCUT2D eigenvalue weighted by Gasteiger charge is -2.09. The van der Waals surface area contributed by atoms with E-state index in [9.17, 15) is 9.59 Å². The van der Waals surface area contributed by atoms with Crippen molar-refractivity contribution in [2.45, 2.75) is 13.3 Å². The van der Waals surface area contributed by atoms with Crippen molar-refractivity contribution in [3.8, 4) is 0 Å². The lowest BCUT2D eigenvalue weighted by Crippen LogP contribution is -2.30. The smallest absolute Gasteiger partial charge is 0.251 e. The summed E-state index contributed by atoms with van der Waals surface area (Å²) in [5, 5.41) is 2.66. The van der Waals surface area contributed by atoms with Crippen molar-refractivity contribution in [1.29, 1.82) is 0 Å². The molecule has 0 fully saturated rings. The average Bonchev–Trinajstić information content (AvgIpc) is 2.50. The number of halogens is 1. The first kappa shape index (κ1) is 16.2. The van der Waals surface area contributed by atoms with E-state index in [0.29, 0.717) is 11.3 Å². The number of nitrogen functional groups attached to an aromatic ring is 1. The number of hydrogen-bond acceptors (Lipinski definition) is 3. The summed E-state index contributed by atoms with van der Waals surface area (Å²) in [6.07, 6.45) is 0.213. The number of benzene rings is 2. The van der Waals surface area contributed by atoms with Gasteiger partial charge in [-0.2, -0.15) is 0 Å². The summed E-state index contributed by atoms with van der Waals surface area (Å²) in [4.78, 5) is 24.1. The highest BCUT2D eigenvalue weighted by atomic mass is 79.9. The third kappa shape index (κ3) is 3.95. The van der Waals surface area contributed by atoms with Crippen LogP contribution in [0.1, 0.15) is 21.5 Å². The maximum absolute atomic E-state index is 12.1. The van der Waals surface area contributed by atoms with E-state index in [-0.39, 0.29) is 24.7 Å². The fourth-order valence-electron chi connectivity index (χ4n) is 2.10. The molecule has 0 bridgehead atoms. The Bertz CT molecular complexity index is 714. The second-order valence-electron chi connectivity index (χ2n) is 5.01. The summed E-state index contributed by atoms with van der Waals surface area (Å²) in [7, 11) is 0. The van der Waals surface area contributed by atoms with Crippen LogP contribution in [0.4, 0.5) is 5.69 Å². The summed E-state index contributed by atoms with van der Waals surface area (Å²) >= 11 is 3.39. The molecule has 2 aromatic carbocycles. The number of nitrogens with two attached hydrogens (primary N) is 1. The molecule has 2 aromatic rings. The molecule has 0 saturated heterocycles. The van der Waals surface area contributed by atoms with E-state index in [1.165, 1.54) is 0 Å². The Balaban J connectivity index is 1.95. The minimum absolute atomic E-state index is 0.0148. The van der Waals surface area contributed by atoms with Crippen LogP contribution in [0, 0.1) is 6.92 Å². The Kier molecular flexibility index (Phi) is 5.33. The molecular formula is C17H17BrN2O2. The molecule has 0 radical (unpaired) electrons. The van der Waals surface area contributed by atoms with Crippen molar-refractivity contribution in [3.05, 3.63) is 63.6 Å². The minimum atomic E-state index is -0.256. The molecule has 0 aliphatic heterocycles. The second-order valence-corrected chi connectivity index (χ2v) is 5.86. The SMILES string of the molecule is Cc1c(Br)cccc1C(=O)NCC(=O)Cc1ccccc1N. The van der Waals surface area contributed by atoms with Gasteiger partial charge < -0.3 is 11.1 Å². The number of anilines is 1. The van der Waals surface area contributed by atoms with Crippen LogP contribution >= 0.6 is 15.9 Å². The Labute approximate surface area is 137 Å². The molecule has 1 amide bonds. The predicted octanol–water partition coefficient (Wildman–Crippen LogP) is 2.88. The molecule has 0 spiro atoms. The number of rotatable bonds is 5. The molecule has 0 aromatic heterocycles. The van der Waals surface area contributed by atoms with Gasteiger partial charge in [-0.05, 0) is 36.2 Å². The first-order valence-corrected chi connectivity index (χ1v) is 7.66. The molecule has 4 nitrogen and oxygen atoms in total. The van der Waals surface area contributed by atoms with Crippen LogP contribution in [0.2, 0.25) is 0 Å². The largest absolute Gasteiger partial charge is 0.398 e. The van der Waals surface area contributed by atoms with Gasteiger partial charge in [0.2, 0.25) is 0 Å². The van der Waals surface area contributed by atoms with Crippen LogP contribution < -0.4 is 11.1 Å². The molecule has 0 heterocycles. The highest BCUT2D eigenvalue weighted by Gasteiger charge is 2.12. The van der Waals surface area contributed by atoms with Gasteiger partial charge in [0.25, 0.3) is 5.91 Å². The molecule has 22 heavy (non-hydrogen) atoms. The molecule has 114 valence electrons. The summed E-state index contributed by atoms with van der Waals surface area (Å²) in [6, 6.07) is 12.6. The Morgan fingerprint density at radius 3 is 2.59 bits per heavy atom. The quantitative estimate of drug-likeness (QED) is 0.805. The summed E-state index contributed by atoms with van der Waals surface area (Å²) in [5.74, 6) is -0.341. The molecule has 0 aliphatic carbocycles. The third-order valence-corrected chi connectivity index (χ3v) is 4.26. The topological polar surface area (TPSA) is 72.2 Å². The van der Waals surface area contributed by atoms with Gasteiger partial charge in [0.1, 0.15) is 0 Å². The van der Waals surface area contributed by atoms with Crippen LogP contribution in [-0.2, 0) is 11.2 Å². The van der Waals surface area contributed by atoms with Crippen molar-refractivity contribution in [1.82, 2.24) is 5.32 Å². The molecule has 3 N–H and O–H groups in total. The lowest BCUT2D eigenvalue weighted by atomic mass is 10.1. The summed E-state index contributed by atoms with van der Waals surface area (Å²) in [5.41, 5.74) is 8.58. The number of ketones is 1. The molecule has 0 unspecified atom stereocenters. The zero-order chi connectivity index (χ0) is 16.1. The van der Waals surface area contributed by atoms with Gasteiger partial charge in [-0.25, -0.2) is 0 Å². The van der Waals surface area contributed by atoms with E-state index >= 15 is 0 Å². The number of carbonyl (C=O) groups excluding carboxylic acids is 2. The van der Waals surface area contributed by atoms with E-state index in [4.69, 9.17) is 5.73 Å². The average molecular weight is 361 g/mol.